The summed E-state index contributed by atoms with van der Waals surface area (Å²) in [6, 6.07) is 6.82. The van der Waals surface area contributed by atoms with Gasteiger partial charge in [0, 0.05) is 17.7 Å². The lowest BCUT2D eigenvalue weighted by atomic mass is 10.0. The number of urea groups is 1. The van der Waals surface area contributed by atoms with Gasteiger partial charge in [0.05, 0.1) is 17.2 Å². The summed E-state index contributed by atoms with van der Waals surface area (Å²) in [4.78, 5) is 48.6. The maximum Gasteiger partial charge on any atom is 0.335 e. The van der Waals surface area contributed by atoms with Gasteiger partial charge in [-0.3, -0.25) is 25.0 Å². The molecule has 2 aromatic carbocycles. The second kappa shape index (κ2) is 9.13. The van der Waals surface area contributed by atoms with Crippen molar-refractivity contribution in [3.63, 3.8) is 0 Å². The molecule has 0 atom stereocenters. The van der Waals surface area contributed by atoms with Crippen LogP contribution in [0.1, 0.15) is 18.1 Å². The van der Waals surface area contributed by atoms with E-state index in [-0.39, 0.29) is 35.1 Å². The number of phenols is 1. The zero-order valence-corrected chi connectivity index (χ0v) is 17.0. The van der Waals surface area contributed by atoms with E-state index in [1.54, 1.807) is 19.1 Å². The highest BCUT2D eigenvalue weighted by molar-refractivity contribution is 6.39. The Labute approximate surface area is 182 Å². The van der Waals surface area contributed by atoms with Crippen molar-refractivity contribution in [3.05, 3.63) is 75.9 Å². The Morgan fingerprint density at radius 1 is 1.22 bits per heavy atom. The van der Waals surface area contributed by atoms with Crippen LogP contribution >= 0.6 is 0 Å². The monoisotopic (exact) mass is 437 g/mol. The van der Waals surface area contributed by atoms with Crippen LogP contribution in [-0.4, -0.2) is 34.5 Å². The first-order chi connectivity index (χ1) is 15.3. The zero-order chi connectivity index (χ0) is 23.4. The number of nitro groups is 1. The summed E-state index contributed by atoms with van der Waals surface area (Å²) in [6.07, 6.45) is 3.17. The van der Waals surface area contributed by atoms with Gasteiger partial charge in [0.1, 0.15) is 5.57 Å². The average Bonchev–Trinajstić information content (AvgIpc) is 2.75. The Kier molecular flexibility index (Phi) is 6.34. The Balaban J connectivity index is 2.04. The first-order valence-electron chi connectivity index (χ1n) is 9.52. The Morgan fingerprint density at radius 2 is 1.91 bits per heavy atom. The van der Waals surface area contributed by atoms with Crippen LogP contribution in [0.15, 0.2) is 54.6 Å². The number of anilines is 1. The molecule has 1 fully saturated rings. The minimum absolute atomic E-state index is 0.0598. The molecule has 1 saturated heterocycles. The number of phenolic OH excluding ortho intramolecular Hbond substituents is 1. The minimum Gasteiger partial charge on any atom is -0.504 e. The normalized spacial score (nSPS) is 15.0. The topological polar surface area (TPSA) is 139 Å². The molecule has 0 radical (unpaired) electrons. The molecule has 1 heterocycles. The third kappa shape index (κ3) is 4.33. The van der Waals surface area contributed by atoms with Crippen LogP contribution in [0.4, 0.5) is 16.2 Å². The van der Waals surface area contributed by atoms with Crippen molar-refractivity contribution in [1.29, 1.82) is 0 Å². The summed E-state index contributed by atoms with van der Waals surface area (Å²) in [6.45, 7) is 5.66. The van der Waals surface area contributed by atoms with Crippen molar-refractivity contribution in [2.75, 3.05) is 11.5 Å². The van der Waals surface area contributed by atoms with Crippen molar-refractivity contribution < 1.29 is 29.2 Å². The van der Waals surface area contributed by atoms with E-state index in [0.29, 0.717) is 22.4 Å². The van der Waals surface area contributed by atoms with Gasteiger partial charge in [-0.25, -0.2) is 9.69 Å². The predicted octanol–water partition coefficient (Wildman–Crippen LogP) is 3.09. The number of non-ortho nitro benzene ring substituents is 1. The van der Waals surface area contributed by atoms with Crippen LogP contribution in [0.5, 0.6) is 11.5 Å². The van der Waals surface area contributed by atoms with E-state index in [1.807, 2.05) is 0 Å². The standard InChI is InChI=1S/C22H19N3O7/c1-3-5-14-10-13(12-18(19(14)26)32-4-2)11-17-20(27)23-22(29)24(21(17)28)15-6-8-16(9-7-15)25(30)31/h3,6-12,26H,1,4-5H2,2H3,(H,23,27,29)/b17-11+. The molecule has 0 unspecified atom stereocenters. The molecule has 10 nitrogen and oxygen atoms in total. The third-order valence-electron chi connectivity index (χ3n) is 4.57. The minimum atomic E-state index is -0.973. The fourth-order valence-corrected chi connectivity index (χ4v) is 3.13. The fourth-order valence-electron chi connectivity index (χ4n) is 3.13. The molecule has 4 amide bonds. The first kappa shape index (κ1) is 22.2. The number of carbonyl (C=O) groups is 3. The highest BCUT2D eigenvalue weighted by atomic mass is 16.6. The number of nitrogens with zero attached hydrogens (tertiary/aromatic N) is 2. The fraction of sp³-hybridized carbons (Fsp3) is 0.136. The van der Waals surface area contributed by atoms with E-state index in [1.165, 1.54) is 24.3 Å². The Hall–Kier alpha value is -4.47. The van der Waals surface area contributed by atoms with Gasteiger partial charge in [0.2, 0.25) is 0 Å². The summed E-state index contributed by atoms with van der Waals surface area (Å²) in [5.74, 6) is -1.69. The molecule has 0 aliphatic carbocycles. The van der Waals surface area contributed by atoms with Gasteiger partial charge in [-0.15, -0.1) is 6.58 Å². The summed E-state index contributed by atoms with van der Waals surface area (Å²) >= 11 is 0. The summed E-state index contributed by atoms with van der Waals surface area (Å²) in [5, 5.41) is 23.3. The lowest BCUT2D eigenvalue weighted by Gasteiger charge is -2.26. The zero-order valence-electron chi connectivity index (χ0n) is 17.0. The Morgan fingerprint density at radius 3 is 2.50 bits per heavy atom. The van der Waals surface area contributed by atoms with Crippen molar-refractivity contribution in [2.45, 2.75) is 13.3 Å². The number of rotatable bonds is 7. The van der Waals surface area contributed by atoms with Crippen LogP contribution in [0, 0.1) is 10.1 Å². The average molecular weight is 437 g/mol. The maximum atomic E-state index is 13.0. The van der Waals surface area contributed by atoms with E-state index in [9.17, 15) is 29.6 Å². The molecule has 32 heavy (non-hydrogen) atoms. The number of ether oxygens (including phenoxy) is 1. The maximum absolute atomic E-state index is 13.0. The number of hydrogen-bond acceptors (Lipinski definition) is 7. The van der Waals surface area contributed by atoms with Crippen molar-refractivity contribution >= 4 is 35.3 Å². The molecular weight excluding hydrogens is 418 g/mol. The molecule has 0 spiro atoms. The number of nitro benzene ring substituents is 1. The number of barbiturate groups is 1. The molecule has 164 valence electrons. The number of imide groups is 2. The number of hydrogen-bond donors (Lipinski definition) is 2. The molecule has 0 bridgehead atoms. The first-order valence-corrected chi connectivity index (χ1v) is 9.52. The van der Waals surface area contributed by atoms with Gasteiger partial charge in [0.25, 0.3) is 17.5 Å². The predicted molar refractivity (Wildman–Crippen MR) is 115 cm³/mol. The van der Waals surface area contributed by atoms with E-state index in [0.717, 1.165) is 12.1 Å². The van der Waals surface area contributed by atoms with Crippen molar-refractivity contribution in [1.82, 2.24) is 5.32 Å². The number of benzene rings is 2. The largest absolute Gasteiger partial charge is 0.504 e. The van der Waals surface area contributed by atoms with E-state index in [4.69, 9.17) is 4.74 Å². The van der Waals surface area contributed by atoms with E-state index < -0.39 is 22.8 Å². The van der Waals surface area contributed by atoms with Crippen LogP contribution in [0.2, 0.25) is 0 Å². The van der Waals surface area contributed by atoms with Crippen LogP contribution in [0.3, 0.4) is 0 Å². The van der Waals surface area contributed by atoms with Crippen LogP contribution < -0.4 is 15.0 Å². The van der Waals surface area contributed by atoms with E-state index in [2.05, 4.69) is 11.9 Å². The molecule has 1 aliphatic heterocycles. The molecule has 2 N–H and O–H groups in total. The van der Waals surface area contributed by atoms with Crippen molar-refractivity contribution in [2.24, 2.45) is 0 Å². The van der Waals surface area contributed by atoms with Gasteiger partial charge >= 0.3 is 6.03 Å². The highest BCUT2D eigenvalue weighted by Crippen LogP contribution is 2.33. The molecule has 3 rings (SSSR count). The molecule has 0 aromatic heterocycles. The molecular formula is C22H19N3O7. The van der Waals surface area contributed by atoms with Crippen molar-refractivity contribution in [3.8, 4) is 11.5 Å². The van der Waals surface area contributed by atoms with Gasteiger partial charge in [-0.2, -0.15) is 0 Å². The van der Waals surface area contributed by atoms with Gasteiger partial charge in [-0.05, 0) is 49.2 Å². The molecule has 1 aliphatic rings. The second-order valence-electron chi connectivity index (χ2n) is 6.68. The Bertz CT molecular complexity index is 1150. The lowest BCUT2D eigenvalue weighted by molar-refractivity contribution is -0.384. The van der Waals surface area contributed by atoms with Crippen LogP contribution in [-0.2, 0) is 16.0 Å². The van der Waals surface area contributed by atoms with E-state index >= 15 is 0 Å². The van der Waals surface area contributed by atoms with Gasteiger partial charge < -0.3 is 9.84 Å². The number of nitrogens with one attached hydrogen (secondary N) is 1. The number of aromatic hydroxyl groups is 1. The lowest BCUT2D eigenvalue weighted by Crippen LogP contribution is -2.54. The quantitative estimate of drug-likeness (QED) is 0.223. The molecule has 10 heteroatoms. The smallest absolute Gasteiger partial charge is 0.335 e. The molecule has 0 saturated carbocycles. The summed E-state index contributed by atoms with van der Waals surface area (Å²) in [5.41, 5.74) is 0.377. The SMILES string of the molecule is C=CCc1cc(/C=C2\C(=O)NC(=O)N(c3ccc([N+](=O)[O-])cc3)C2=O)cc(OCC)c1O. The highest BCUT2D eigenvalue weighted by Gasteiger charge is 2.37. The third-order valence-corrected chi connectivity index (χ3v) is 4.57. The molecule has 2 aromatic rings. The summed E-state index contributed by atoms with van der Waals surface area (Å²) < 4.78 is 5.43. The van der Waals surface area contributed by atoms with Gasteiger partial charge in [-0.1, -0.05) is 6.08 Å². The van der Waals surface area contributed by atoms with Gasteiger partial charge in [0.15, 0.2) is 11.5 Å². The summed E-state index contributed by atoms with van der Waals surface area (Å²) in [7, 11) is 0. The second-order valence-corrected chi connectivity index (χ2v) is 6.68. The number of carbonyl (C=O) groups excluding carboxylic acids is 3. The number of allylic oxidation sites excluding steroid dienone is 1. The number of amides is 4. The van der Waals surface area contributed by atoms with Crippen LogP contribution in [0.25, 0.3) is 6.08 Å².